The second-order valence-electron chi connectivity index (χ2n) is 4.79. The predicted octanol–water partition coefficient (Wildman–Crippen LogP) is 2.33. The maximum absolute atomic E-state index is 10.4. The first-order valence-electron chi connectivity index (χ1n) is 4.58. The SMILES string of the molecule is Cn1ncc(Cl)c1C(C)(O)C(C)(C)C. The van der Waals surface area contributed by atoms with Crippen molar-refractivity contribution in [2.45, 2.75) is 33.3 Å². The van der Waals surface area contributed by atoms with Crippen molar-refractivity contribution in [3.05, 3.63) is 16.9 Å². The summed E-state index contributed by atoms with van der Waals surface area (Å²) < 4.78 is 1.62. The van der Waals surface area contributed by atoms with Crippen LogP contribution in [0.25, 0.3) is 0 Å². The number of hydrogen-bond donors (Lipinski definition) is 1. The molecule has 0 saturated heterocycles. The summed E-state index contributed by atoms with van der Waals surface area (Å²) in [6.45, 7) is 7.67. The van der Waals surface area contributed by atoms with Crippen LogP contribution in [0.4, 0.5) is 0 Å². The molecule has 0 spiro atoms. The molecule has 0 aliphatic carbocycles. The fourth-order valence-corrected chi connectivity index (χ4v) is 1.66. The summed E-state index contributed by atoms with van der Waals surface area (Å²) in [6, 6.07) is 0. The van der Waals surface area contributed by atoms with Crippen LogP contribution in [0, 0.1) is 5.41 Å². The first-order valence-corrected chi connectivity index (χ1v) is 4.96. The van der Waals surface area contributed by atoms with E-state index >= 15 is 0 Å². The van der Waals surface area contributed by atoms with Crippen LogP contribution in [0.15, 0.2) is 6.20 Å². The number of aryl methyl sites for hydroxylation is 1. The summed E-state index contributed by atoms with van der Waals surface area (Å²) in [5, 5.41) is 15.0. The molecule has 1 heterocycles. The third kappa shape index (κ3) is 1.66. The van der Waals surface area contributed by atoms with Crippen LogP contribution < -0.4 is 0 Å². The van der Waals surface area contributed by atoms with E-state index in [9.17, 15) is 5.11 Å². The molecule has 14 heavy (non-hydrogen) atoms. The van der Waals surface area contributed by atoms with Crippen molar-refractivity contribution in [2.24, 2.45) is 12.5 Å². The molecule has 0 aromatic carbocycles. The molecule has 0 fully saturated rings. The minimum Gasteiger partial charge on any atom is -0.383 e. The highest BCUT2D eigenvalue weighted by atomic mass is 35.5. The van der Waals surface area contributed by atoms with E-state index in [2.05, 4.69) is 5.10 Å². The molecular weight excluding hydrogens is 200 g/mol. The third-order valence-corrected chi connectivity index (χ3v) is 3.09. The summed E-state index contributed by atoms with van der Waals surface area (Å²) >= 11 is 5.99. The van der Waals surface area contributed by atoms with E-state index in [1.807, 2.05) is 20.8 Å². The van der Waals surface area contributed by atoms with Gasteiger partial charge in [0, 0.05) is 7.05 Å². The van der Waals surface area contributed by atoms with Crippen molar-refractivity contribution < 1.29 is 5.11 Å². The highest BCUT2D eigenvalue weighted by Crippen LogP contribution is 2.41. The lowest BCUT2D eigenvalue weighted by molar-refractivity contribution is -0.0534. The summed E-state index contributed by atoms with van der Waals surface area (Å²) in [5.41, 5.74) is -0.619. The molecule has 0 bridgehead atoms. The Bertz CT molecular complexity index is 317. The zero-order chi connectivity index (χ0) is 11.1. The van der Waals surface area contributed by atoms with E-state index in [-0.39, 0.29) is 5.41 Å². The van der Waals surface area contributed by atoms with E-state index in [0.29, 0.717) is 10.7 Å². The van der Waals surface area contributed by atoms with E-state index in [0.717, 1.165) is 0 Å². The van der Waals surface area contributed by atoms with E-state index in [4.69, 9.17) is 11.6 Å². The van der Waals surface area contributed by atoms with Crippen LogP contribution in [0.1, 0.15) is 33.4 Å². The Balaban J connectivity index is 3.29. The average Bonchev–Trinajstić information content (AvgIpc) is 2.28. The minimum atomic E-state index is -0.991. The molecule has 0 aliphatic heterocycles. The van der Waals surface area contributed by atoms with Crippen molar-refractivity contribution in [2.75, 3.05) is 0 Å². The van der Waals surface area contributed by atoms with Gasteiger partial charge in [-0.25, -0.2) is 0 Å². The fourth-order valence-electron chi connectivity index (χ4n) is 1.31. The van der Waals surface area contributed by atoms with E-state index in [1.54, 1.807) is 24.9 Å². The van der Waals surface area contributed by atoms with Gasteiger partial charge in [-0.3, -0.25) is 4.68 Å². The molecule has 4 heteroatoms. The second-order valence-corrected chi connectivity index (χ2v) is 5.19. The summed E-state index contributed by atoms with van der Waals surface area (Å²) in [7, 11) is 1.78. The number of aromatic nitrogens is 2. The van der Waals surface area contributed by atoms with Gasteiger partial charge in [-0.05, 0) is 12.3 Å². The molecule has 80 valence electrons. The third-order valence-electron chi connectivity index (χ3n) is 2.82. The Morgan fingerprint density at radius 1 is 1.36 bits per heavy atom. The Hall–Kier alpha value is -0.540. The molecule has 0 amide bonds. The molecular formula is C10H17ClN2O. The molecule has 0 aliphatic rings. The maximum atomic E-state index is 10.4. The quantitative estimate of drug-likeness (QED) is 0.783. The van der Waals surface area contributed by atoms with Gasteiger partial charge < -0.3 is 5.11 Å². The van der Waals surface area contributed by atoms with Gasteiger partial charge in [0.15, 0.2) is 0 Å². The van der Waals surface area contributed by atoms with Crippen molar-refractivity contribution in [1.29, 1.82) is 0 Å². The van der Waals surface area contributed by atoms with Gasteiger partial charge in [-0.1, -0.05) is 32.4 Å². The molecule has 1 atom stereocenters. The molecule has 1 rings (SSSR count). The average molecular weight is 217 g/mol. The first kappa shape index (κ1) is 11.5. The Labute approximate surface area is 89.7 Å². The lowest BCUT2D eigenvalue weighted by Crippen LogP contribution is -2.38. The summed E-state index contributed by atoms with van der Waals surface area (Å²) in [5.74, 6) is 0. The highest BCUT2D eigenvalue weighted by molar-refractivity contribution is 6.31. The number of nitrogens with zero attached hydrogens (tertiary/aromatic N) is 2. The summed E-state index contributed by atoms with van der Waals surface area (Å²) in [4.78, 5) is 0. The molecule has 0 saturated carbocycles. The van der Waals surface area contributed by atoms with Crippen LogP contribution in [-0.4, -0.2) is 14.9 Å². The number of halogens is 1. The lowest BCUT2D eigenvalue weighted by atomic mass is 9.76. The molecule has 3 nitrogen and oxygen atoms in total. The van der Waals surface area contributed by atoms with Crippen molar-refractivity contribution in [3.63, 3.8) is 0 Å². The normalized spacial score (nSPS) is 16.8. The lowest BCUT2D eigenvalue weighted by Gasteiger charge is -2.37. The van der Waals surface area contributed by atoms with Gasteiger partial charge in [0.25, 0.3) is 0 Å². The number of rotatable bonds is 1. The Morgan fingerprint density at radius 3 is 2.14 bits per heavy atom. The fraction of sp³-hybridized carbons (Fsp3) is 0.700. The van der Waals surface area contributed by atoms with Gasteiger partial charge in [0.2, 0.25) is 0 Å². The molecule has 1 aromatic heterocycles. The van der Waals surface area contributed by atoms with Gasteiger partial charge >= 0.3 is 0 Å². The Kier molecular flexibility index (Phi) is 2.67. The number of aliphatic hydroxyl groups is 1. The van der Waals surface area contributed by atoms with E-state index < -0.39 is 5.60 Å². The van der Waals surface area contributed by atoms with Crippen LogP contribution in [0.3, 0.4) is 0 Å². The van der Waals surface area contributed by atoms with Gasteiger partial charge in [-0.2, -0.15) is 5.10 Å². The standard InChI is InChI=1S/C10H17ClN2O/c1-9(2,3)10(4,14)8-7(11)6-12-13(8)5/h6,14H,1-5H3. The second kappa shape index (κ2) is 3.24. The van der Waals surface area contributed by atoms with E-state index in [1.165, 1.54) is 0 Å². The number of hydrogen-bond acceptors (Lipinski definition) is 2. The Morgan fingerprint density at radius 2 is 1.86 bits per heavy atom. The van der Waals surface area contributed by atoms with Crippen LogP contribution in [0.2, 0.25) is 5.02 Å². The topological polar surface area (TPSA) is 38.0 Å². The van der Waals surface area contributed by atoms with Gasteiger partial charge in [0.1, 0.15) is 5.60 Å². The zero-order valence-electron chi connectivity index (χ0n) is 9.30. The monoisotopic (exact) mass is 216 g/mol. The first-order chi connectivity index (χ1) is 6.18. The molecule has 1 unspecified atom stereocenters. The minimum absolute atomic E-state index is 0.287. The summed E-state index contributed by atoms with van der Waals surface area (Å²) in [6.07, 6.45) is 1.55. The van der Waals surface area contributed by atoms with Gasteiger partial charge in [-0.15, -0.1) is 0 Å². The maximum Gasteiger partial charge on any atom is 0.110 e. The zero-order valence-corrected chi connectivity index (χ0v) is 10.1. The predicted molar refractivity (Wildman–Crippen MR) is 57.2 cm³/mol. The highest BCUT2D eigenvalue weighted by Gasteiger charge is 2.40. The van der Waals surface area contributed by atoms with Crippen LogP contribution in [0.5, 0.6) is 0 Å². The van der Waals surface area contributed by atoms with Crippen LogP contribution >= 0.6 is 11.6 Å². The van der Waals surface area contributed by atoms with Crippen LogP contribution in [-0.2, 0) is 12.6 Å². The largest absolute Gasteiger partial charge is 0.383 e. The van der Waals surface area contributed by atoms with Crippen molar-refractivity contribution >= 4 is 11.6 Å². The molecule has 1 aromatic rings. The van der Waals surface area contributed by atoms with Gasteiger partial charge in [0.05, 0.1) is 16.9 Å². The molecule has 0 radical (unpaired) electrons. The smallest absolute Gasteiger partial charge is 0.110 e. The van der Waals surface area contributed by atoms with Crippen molar-refractivity contribution in [3.8, 4) is 0 Å². The molecule has 1 N–H and O–H groups in total. The van der Waals surface area contributed by atoms with Crippen molar-refractivity contribution in [1.82, 2.24) is 9.78 Å².